The van der Waals surface area contributed by atoms with Crippen molar-refractivity contribution in [1.29, 1.82) is 0 Å². The molecular weight excluding hydrogens is 397 g/mol. The number of thioether (sulfide) groups is 1. The van der Waals surface area contributed by atoms with E-state index in [-0.39, 0.29) is 29.3 Å². The van der Waals surface area contributed by atoms with E-state index in [4.69, 9.17) is 25.5 Å². The van der Waals surface area contributed by atoms with Gasteiger partial charge in [-0.05, 0) is 36.4 Å². The number of amides is 1. The van der Waals surface area contributed by atoms with Crippen molar-refractivity contribution < 1.29 is 23.1 Å². The van der Waals surface area contributed by atoms with Crippen LogP contribution in [-0.2, 0) is 4.79 Å². The summed E-state index contributed by atoms with van der Waals surface area (Å²) < 4.78 is 29.7. The first kappa shape index (κ1) is 17.6. The number of fused-ring (bicyclic) bond motifs is 1. The number of ether oxygens (including phenoxy) is 2. The lowest BCUT2D eigenvalue weighted by molar-refractivity contribution is -0.113. The molecule has 0 spiro atoms. The molecule has 1 aromatic heterocycles. The van der Waals surface area contributed by atoms with Crippen molar-refractivity contribution in [3.63, 3.8) is 0 Å². The minimum Gasteiger partial charge on any atom is -0.454 e. The molecule has 0 unspecified atom stereocenters. The number of nitrogens with zero attached hydrogens (tertiary/aromatic N) is 2. The molecule has 2 heterocycles. The number of hydrogen-bond donors (Lipinski definition) is 1. The minimum absolute atomic E-state index is 0.0136. The van der Waals surface area contributed by atoms with Gasteiger partial charge in [-0.1, -0.05) is 23.4 Å². The first-order chi connectivity index (χ1) is 13.1. The highest BCUT2D eigenvalue weighted by atomic mass is 35.5. The van der Waals surface area contributed by atoms with Crippen LogP contribution >= 0.6 is 23.4 Å². The first-order valence-electron chi connectivity index (χ1n) is 7.70. The molecule has 0 aliphatic carbocycles. The molecule has 27 heavy (non-hydrogen) atoms. The Kier molecular flexibility index (Phi) is 4.87. The minimum atomic E-state index is -0.569. The molecule has 2 aromatic carbocycles. The van der Waals surface area contributed by atoms with Gasteiger partial charge in [-0.15, -0.1) is 10.2 Å². The summed E-state index contributed by atoms with van der Waals surface area (Å²) in [5.74, 6) is 0.511. The highest BCUT2D eigenvalue weighted by molar-refractivity contribution is 7.99. The highest BCUT2D eigenvalue weighted by Gasteiger charge is 2.17. The maximum atomic E-state index is 13.6. The van der Waals surface area contributed by atoms with Crippen LogP contribution < -0.4 is 14.8 Å². The highest BCUT2D eigenvalue weighted by Crippen LogP contribution is 2.36. The summed E-state index contributed by atoms with van der Waals surface area (Å²) in [6.45, 7) is 0.173. The largest absolute Gasteiger partial charge is 0.454 e. The zero-order valence-corrected chi connectivity index (χ0v) is 15.1. The van der Waals surface area contributed by atoms with Crippen LogP contribution in [-0.4, -0.2) is 28.7 Å². The molecule has 1 aliphatic heterocycles. The van der Waals surface area contributed by atoms with Gasteiger partial charge in [-0.3, -0.25) is 4.79 Å². The molecule has 0 saturated carbocycles. The molecule has 0 saturated heterocycles. The number of benzene rings is 2. The van der Waals surface area contributed by atoms with Crippen molar-refractivity contribution in [3.05, 3.63) is 47.2 Å². The Morgan fingerprint density at radius 2 is 2.04 bits per heavy atom. The fourth-order valence-electron chi connectivity index (χ4n) is 2.32. The maximum absolute atomic E-state index is 13.6. The summed E-state index contributed by atoms with van der Waals surface area (Å²) in [6, 6.07) is 9.17. The zero-order valence-electron chi connectivity index (χ0n) is 13.6. The number of aromatic nitrogens is 2. The van der Waals surface area contributed by atoms with Gasteiger partial charge in [0.05, 0.1) is 11.4 Å². The summed E-state index contributed by atoms with van der Waals surface area (Å²) in [5.41, 5.74) is 0.684. The van der Waals surface area contributed by atoms with E-state index in [1.54, 1.807) is 18.2 Å². The number of halogens is 2. The number of rotatable bonds is 5. The van der Waals surface area contributed by atoms with E-state index in [1.807, 2.05) is 0 Å². The molecule has 1 amide bonds. The standard InChI is InChI=1S/C17H11ClFN3O4S/c18-10-2-3-11(19)12(6-10)20-15(23)7-27-17-22-21-16(26-17)9-1-4-13-14(5-9)25-8-24-13/h1-6H,7-8H2,(H,20,23). The van der Waals surface area contributed by atoms with Gasteiger partial charge in [-0.25, -0.2) is 4.39 Å². The third kappa shape index (κ3) is 3.99. The van der Waals surface area contributed by atoms with Gasteiger partial charge in [-0.2, -0.15) is 0 Å². The van der Waals surface area contributed by atoms with Crippen molar-refractivity contribution in [2.24, 2.45) is 0 Å². The molecule has 138 valence electrons. The molecule has 1 aliphatic rings. The summed E-state index contributed by atoms with van der Waals surface area (Å²) in [4.78, 5) is 12.0. The fraction of sp³-hybridized carbons (Fsp3) is 0.118. The summed E-state index contributed by atoms with van der Waals surface area (Å²) in [6.07, 6.45) is 0. The Morgan fingerprint density at radius 1 is 1.19 bits per heavy atom. The Bertz CT molecular complexity index is 1010. The van der Waals surface area contributed by atoms with E-state index in [0.717, 1.165) is 11.8 Å². The lowest BCUT2D eigenvalue weighted by atomic mass is 10.2. The van der Waals surface area contributed by atoms with Crippen LogP contribution in [0.15, 0.2) is 46.0 Å². The second-order valence-corrected chi connectivity index (χ2v) is 6.77. The van der Waals surface area contributed by atoms with Gasteiger partial charge >= 0.3 is 0 Å². The van der Waals surface area contributed by atoms with E-state index in [9.17, 15) is 9.18 Å². The Morgan fingerprint density at radius 3 is 2.93 bits per heavy atom. The summed E-state index contributed by atoms with van der Waals surface area (Å²) in [5, 5.41) is 10.8. The van der Waals surface area contributed by atoms with Gasteiger partial charge < -0.3 is 19.2 Å². The van der Waals surface area contributed by atoms with E-state index >= 15 is 0 Å². The van der Waals surface area contributed by atoms with Crippen molar-refractivity contribution in [1.82, 2.24) is 10.2 Å². The third-order valence-corrected chi connectivity index (χ3v) is 4.61. The second kappa shape index (κ2) is 7.45. The first-order valence-corrected chi connectivity index (χ1v) is 9.06. The van der Waals surface area contributed by atoms with Crippen LogP contribution in [0.3, 0.4) is 0 Å². The number of carbonyl (C=O) groups is 1. The average molecular weight is 408 g/mol. The molecule has 3 aromatic rings. The van der Waals surface area contributed by atoms with E-state index in [0.29, 0.717) is 22.1 Å². The average Bonchev–Trinajstić information content (AvgIpc) is 3.31. The lowest BCUT2D eigenvalue weighted by Crippen LogP contribution is -2.15. The number of carbonyl (C=O) groups excluding carboxylic acids is 1. The van der Waals surface area contributed by atoms with Crippen molar-refractivity contribution in [2.75, 3.05) is 17.9 Å². The number of hydrogen-bond acceptors (Lipinski definition) is 7. The van der Waals surface area contributed by atoms with Crippen LogP contribution in [0.1, 0.15) is 0 Å². The van der Waals surface area contributed by atoms with Gasteiger partial charge in [0.15, 0.2) is 11.5 Å². The molecule has 0 fully saturated rings. The third-order valence-electron chi connectivity index (χ3n) is 3.56. The van der Waals surface area contributed by atoms with Gasteiger partial charge in [0.25, 0.3) is 5.22 Å². The zero-order chi connectivity index (χ0) is 18.8. The SMILES string of the molecule is O=C(CSc1nnc(-c2ccc3c(c2)OCO3)o1)Nc1cc(Cl)ccc1F. The molecule has 4 rings (SSSR count). The van der Waals surface area contributed by atoms with Crippen molar-refractivity contribution in [2.45, 2.75) is 5.22 Å². The summed E-state index contributed by atoms with van der Waals surface area (Å²) >= 11 is 6.83. The van der Waals surface area contributed by atoms with Crippen molar-refractivity contribution in [3.8, 4) is 23.0 Å². The van der Waals surface area contributed by atoms with E-state index in [1.165, 1.54) is 18.2 Å². The topological polar surface area (TPSA) is 86.5 Å². The Balaban J connectivity index is 1.38. The molecule has 0 atom stereocenters. The van der Waals surface area contributed by atoms with Crippen LogP contribution in [0.5, 0.6) is 11.5 Å². The van der Waals surface area contributed by atoms with Crippen LogP contribution in [0.25, 0.3) is 11.5 Å². The number of nitrogens with one attached hydrogen (secondary N) is 1. The van der Waals surface area contributed by atoms with Crippen molar-refractivity contribution >= 4 is 35.0 Å². The van der Waals surface area contributed by atoms with Crippen LogP contribution in [0.2, 0.25) is 5.02 Å². The predicted molar refractivity (Wildman–Crippen MR) is 96.6 cm³/mol. The van der Waals surface area contributed by atoms with E-state index in [2.05, 4.69) is 15.5 Å². The molecule has 0 bridgehead atoms. The van der Waals surface area contributed by atoms with Crippen LogP contribution in [0, 0.1) is 5.82 Å². The molecular formula is C17H11ClFN3O4S. The Hall–Kier alpha value is -2.78. The quantitative estimate of drug-likeness (QED) is 0.640. The van der Waals surface area contributed by atoms with Gasteiger partial charge in [0.1, 0.15) is 5.82 Å². The van der Waals surface area contributed by atoms with Gasteiger partial charge in [0, 0.05) is 10.6 Å². The summed E-state index contributed by atoms with van der Waals surface area (Å²) in [7, 11) is 0. The lowest BCUT2D eigenvalue weighted by Gasteiger charge is -2.05. The van der Waals surface area contributed by atoms with Gasteiger partial charge in [0.2, 0.25) is 18.6 Å². The van der Waals surface area contributed by atoms with E-state index < -0.39 is 11.7 Å². The predicted octanol–water partition coefficient (Wildman–Crippen LogP) is 3.99. The second-order valence-electron chi connectivity index (χ2n) is 5.40. The maximum Gasteiger partial charge on any atom is 0.277 e. The smallest absolute Gasteiger partial charge is 0.277 e. The Labute approximate surface area is 161 Å². The molecule has 10 heteroatoms. The molecule has 1 N–H and O–H groups in total. The number of anilines is 1. The monoisotopic (exact) mass is 407 g/mol. The fourth-order valence-corrected chi connectivity index (χ4v) is 3.06. The normalized spacial score (nSPS) is 12.2. The van der Waals surface area contributed by atoms with Crippen LogP contribution in [0.4, 0.5) is 10.1 Å². The molecule has 0 radical (unpaired) electrons. The molecule has 7 nitrogen and oxygen atoms in total.